The number of benzene rings is 2. The molecule has 5 rings (SSSR count). The largest absolute Gasteiger partial charge is 0.361 e. The number of aromatic amines is 1. The third kappa shape index (κ3) is 3.30. The topological polar surface area (TPSA) is 85.5 Å². The molecule has 3 amide bonds. The van der Waals surface area contributed by atoms with E-state index in [1.54, 1.807) is 0 Å². The number of halogens is 2. The second-order valence-corrected chi connectivity index (χ2v) is 8.02. The number of nitrogens with one attached hydrogen (secondary N) is 2. The number of H-pyrrole nitrogens is 1. The SMILES string of the molecule is O=C1N[C@@H](Cc2c[nH]c3ccccc23)C(=O)N2CCN(C(=O)c3cccc(F)c3F)C[C@H]12. The van der Waals surface area contributed by atoms with Gasteiger partial charge in [0.1, 0.15) is 12.1 Å². The molecule has 2 aliphatic heterocycles. The molecule has 32 heavy (non-hydrogen) atoms. The van der Waals surface area contributed by atoms with Crippen LogP contribution in [-0.4, -0.2) is 64.2 Å². The van der Waals surface area contributed by atoms with Gasteiger partial charge in [-0.1, -0.05) is 24.3 Å². The van der Waals surface area contributed by atoms with Crippen molar-refractivity contribution in [1.29, 1.82) is 0 Å². The molecule has 2 aromatic carbocycles. The molecule has 0 unspecified atom stereocenters. The van der Waals surface area contributed by atoms with Crippen LogP contribution in [0.15, 0.2) is 48.7 Å². The Morgan fingerprint density at radius 1 is 1.06 bits per heavy atom. The predicted molar refractivity (Wildman–Crippen MR) is 112 cm³/mol. The van der Waals surface area contributed by atoms with Crippen LogP contribution in [0, 0.1) is 11.6 Å². The minimum Gasteiger partial charge on any atom is -0.361 e. The molecule has 2 saturated heterocycles. The van der Waals surface area contributed by atoms with Crippen LogP contribution in [0.2, 0.25) is 0 Å². The van der Waals surface area contributed by atoms with Gasteiger partial charge in [-0.25, -0.2) is 8.78 Å². The molecule has 3 aromatic rings. The third-order valence-corrected chi connectivity index (χ3v) is 6.15. The number of hydrogen-bond donors (Lipinski definition) is 2. The van der Waals surface area contributed by atoms with Gasteiger partial charge in [-0.2, -0.15) is 0 Å². The maximum absolute atomic E-state index is 14.1. The van der Waals surface area contributed by atoms with Gasteiger partial charge in [-0.05, 0) is 23.8 Å². The van der Waals surface area contributed by atoms with E-state index in [0.29, 0.717) is 6.42 Å². The lowest BCUT2D eigenvalue weighted by Gasteiger charge is -2.45. The molecule has 2 N–H and O–H groups in total. The van der Waals surface area contributed by atoms with Crippen LogP contribution in [0.1, 0.15) is 15.9 Å². The zero-order valence-electron chi connectivity index (χ0n) is 17.0. The van der Waals surface area contributed by atoms with E-state index in [2.05, 4.69) is 10.3 Å². The van der Waals surface area contributed by atoms with Crippen LogP contribution >= 0.6 is 0 Å². The number of piperazine rings is 2. The number of fused-ring (bicyclic) bond motifs is 2. The first-order valence-electron chi connectivity index (χ1n) is 10.3. The van der Waals surface area contributed by atoms with E-state index in [0.717, 1.165) is 22.5 Å². The fourth-order valence-electron chi connectivity index (χ4n) is 4.48. The normalized spacial score (nSPS) is 20.9. The smallest absolute Gasteiger partial charge is 0.257 e. The molecule has 2 aliphatic rings. The highest BCUT2D eigenvalue weighted by molar-refractivity contribution is 5.99. The lowest BCUT2D eigenvalue weighted by Crippen LogP contribution is -2.70. The molecule has 0 spiro atoms. The van der Waals surface area contributed by atoms with Crippen molar-refractivity contribution in [1.82, 2.24) is 20.1 Å². The Morgan fingerprint density at radius 2 is 1.88 bits per heavy atom. The Kier molecular flexibility index (Phi) is 4.88. The van der Waals surface area contributed by atoms with Gasteiger partial charge in [0, 0.05) is 36.6 Å². The lowest BCUT2D eigenvalue weighted by molar-refractivity contribution is -0.152. The molecule has 164 valence electrons. The highest BCUT2D eigenvalue weighted by atomic mass is 19.2. The van der Waals surface area contributed by atoms with Gasteiger partial charge in [-0.15, -0.1) is 0 Å². The van der Waals surface area contributed by atoms with Gasteiger partial charge in [0.2, 0.25) is 11.8 Å². The summed E-state index contributed by atoms with van der Waals surface area (Å²) in [6.45, 7) is 0.195. The lowest BCUT2D eigenvalue weighted by atomic mass is 9.98. The van der Waals surface area contributed by atoms with Crippen molar-refractivity contribution < 1.29 is 23.2 Å². The van der Waals surface area contributed by atoms with E-state index in [4.69, 9.17) is 0 Å². The summed E-state index contributed by atoms with van der Waals surface area (Å²) in [5.74, 6) is -3.62. The fraction of sp³-hybridized carbons (Fsp3) is 0.261. The highest BCUT2D eigenvalue weighted by Gasteiger charge is 2.44. The maximum atomic E-state index is 14.1. The molecule has 0 saturated carbocycles. The molecular weight excluding hydrogens is 418 g/mol. The predicted octanol–water partition coefficient (Wildman–Crippen LogP) is 1.84. The van der Waals surface area contributed by atoms with E-state index >= 15 is 0 Å². The summed E-state index contributed by atoms with van der Waals surface area (Å²) in [5.41, 5.74) is 1.48. The first-order valence-corrected chi connectivity index (χ1v) is 10.3. The van der Waals surface area contributed by atoms with Crippen molar-refractivity contribution in [3.63, 3.8) is 0 Å². The van der Waals surface area contributed by atoms with E-state index < -0.39 is 35.2 Å². The van der Waals surface area contributed by atoms with E-state index in [1.165, 1.54) is 21.9 Å². The number of aromatic nitrogens is 1. The van der Waals surface area contributed by atoms with Crippen molar-refractivity contribution in [2.24, 2.45) is 0 Å². The molecule has 0 aliphatic carbocycles. The number of carbonyl (C=O) groups is 3. The van der Waals surface area contributed by atoms with Crippen molar-refractivity contribution in [2.75, 3.05) is 19.6 Å². The summed E-state index contributed by atoms with van der Waals surface area (Å²) in [5, 5.41) is 3.76. The number of nitrogens with zero attached hydrogens (tertiary/aromatic N) is 2. The summed E-state index contributed by atoms with van der Waals surface area (Å²) < 4.78 is 27.6. The van der Waals surface area contributed by atoms with Crippen LogP contribution in [0.4, 0.5) is 8.78 Å². The van der Waals surface area contributed by atoms with E-state index in [9.17, 15) is 23.2 Å². The van der Waals surface area contributed by atoms with Gasteiger partial charge >= 0.3 is 0 Å². The van der Waals surface area contributed by atoms with Crippen molar-refractivity contribution in [2.45, 2.75) is 18.5 Å². The van der Waals surface area contributed by atoms with Gasteiger partial charge in [-0.3, -0.25) is 14.4 Å². The van der Waals surface area contributed by atoms with Crippen LogP contribution < -0.4 is 5.32 Å². The Balaban J connectivity index is 1.32. The second kappa shape index (κ2) is 7.74. The minimum atomic E-state index is -1.22. The number of rotatable bonds is 3. The van der Waals surface area contributed by atoms with Gasteiger partial charge in [0.05, 0.1) is 12.1 Å². The van der Waals surface area contributed by atoms with Crippen LogP contribution in [-0.2, 0) is 16.0 Å². The third-order valence-electron chi connectivity index (χ3n) is 6.15. The number of carbonyl (C=O) groups excluding carboxylic acids is 3. The average Bonchev–Trinajstić information content (AvgIpc) is 3.21. The Labute approximate surface area is 182 Å². The quantitative estimate of drug-likeness (QED) is 0.655. The first-order chi connectivity index (χ1) is 15.4. The van der Waals surface area contributed by atoms with E-state index in [1.807, 2.05) is 30.5 Å². The molecular formula is C23H20F2N4O3. The molecule has 2 fully saturated rings. The maximum Gasteiger partial charge on any atom is 0.257 e. The average molecular weight is 438 g/mol. The molecule has 7 nitrogen and oxygen atoms in total. The van der Waals surface area contributed by atoms with Crippen molar-refractivity contribution in [3.8, 4) is 0 Å². The minimum absolute atomic E-state index is 0.0772. The summed E-state index contributed by atoms with van der Waals surface area (Å²) in [6.07, 6.45) is 2.18. The zero-order chi connectivity index (χ0) is 22.4. The number of hydrogen-bond acceptors (Lipinski definition) is 3. The van der Waals surface area contributed by atoms with Crippen LogP contribution in [0.5, 0.6) is 0 Å². The zero-order valence-corrected chi connectivity index (χ0v) is 17.0. The Bertz CT molecular complexity index is 1240. The molecule has 3 heterocycles. The standard InChI is InChI=1S/C23H20F2N4O3/c24-16-6-3-5-15(20(16)25)22(31)28-8-9-29-19(12-28)21(30)27-18(23(29)32)10-13-11-26-17-7-2-1-4-14(13)17/h1-7,11,18-19,26H,8-10,12H2,(H,27,30)/t18-,19+/m0/s1. The number of para-hydroxylation sites is 1. The van der Waals surface area contributed by atoms with E-state index in [-0.39, 0.29) is 31.4 Å². The molecule has 1 aromatic heterocycles. The summed E-state index contributed by atoms with van der Waals surface area (Å²) in [6, 6.07) is 9.54. The summed E-state index contributed by atoms with van der Waals surface area (Å²) >= 11 is 0. The molecule has 0 bridgehead atoms. The highest BCUT2D eigenvalue weighted by Crippen LogP contribution is 2.24. The first kappa shape index (κ1) is 20.2. The summed E-state index contributed by atoms with van der Waals surface area (Å²) in [7, 11) is 0. The fourth-order valence-corrected chi connectivity index (χ4v) is 4.48. The second-order valence-electron chi connectivity index (χ2n) is 8.02. The molecule has 9 heteroatoms. The van der Waals surface area contributed by atoms with Crippen molar-refractivity contribution in [3.05, 3.63) is 71.4 Å². The van der Waals surface area contributed by atoms with Crippen molar-refractivity contribution >= 4 is 28.6 Å². The number of amides is 3. The van der Waals surface area contributed by atoms with Crippen LogP contribution in [0.25, 0.3) is 10.9 Å². The molecule has 0 radical (unpaired) electrons. The monoisotopic (exact) mass is 438 g/mol. The Hall–Kier alpha value is -3.75. The van der Waals surface area contributed by atoms with Gasteiger partial charge in [0.15, 0.2) is 11.6 Å². The Morgan fingerprint density at radius 3 is 2.72 bits per heavy atom. The van der Waals surface area contributed by atoms with Gasteiger partial charge < -0.3 is 20.1 Å². The van der Waals surface area contributed by atoms with Gasteiger partial charge in [0.25, 0.3) is 5.91 Å². The van der Waals surface area contributed by atoms with Crippen LogP contribution in [0.3, 0.4) is 0 Å². The molecule has 2 atom stereocenters. The summed E-state index contributed by atoms with van der Waals surface area (Å²) in [4.78, 5) is 44.6.